The largest absolute Gasteiger partial charge is 0.474 e. The molecule has 0 bridgehead atoms. The molecule has 1 fully saturated rings. The fraction of sp³-hybridized carbons (Fsp3) is 0.611. The van der Waals surface area contributed by atoms with E-state index in [2.05, 4.69) is 15.1 Å². The second kappa shape index (κ2) is 8.92. The minimum atomic E-state index is 0.108. The highest BCUT2D eigenvalue weighted by atomic mass is 16.5. The van der Waals surface area contributed by atoms with Crippen LogP contribution in [0.4, 0.5) is 0 Å². The SMILES string of the molecule is CCN(CCO)Cc1nc(-c2cccnc2OC2CCCCC2)no1. The van der Waals surface area contributed by atoms with Gasteiger partial charge in [0.2, 0.25) is 17.6 Å². The van der Waals surface area contributed by atoms with Gasteiger partial charge in [0, 0.05) is 12.7 Å². The van der Waals surface area contributed by atoms with E-state index in [1.807, 2.05) is 24.0 Å². The zero-order valence-corrected chi connectivity index (χ0v) is 14.7. The van der Waals surface area contributed by atoms with E-state index in [0.29, 0.717) is 30.7 Å². The molecule has 3 rings (SSSR count). The molecule has 25 heavy (non-hydrogen) atoms. The smallest absolute Gasteiger partial charge is 0.241 e. The van der Waals surface area contributed by atoms with Crippen LogP contribution in [0.5, 0.6) is 5.88 Å². The monoisotopic (exact) mass is 346 g/mol. The van der Waals surface area contributed by atoms with Crippen molar-refractivity contribution < 1.29 is 14.4 Å². The molecule has 2 aromatic heterocycles. The van der Waals surface area contributed by atoms with E-state index >= 15 is 0 Å². The minimum absolute atomic E-state index is 0.108. The van der Waals surface area contributed by atoms with Crippen molar-refractivity contribution in [2.75, 3.05) is 19.7 Å². The number of nitrogens with zero attached hydrogens (tertiary/aromatic N) is 4. The lowest BCUT2D eigenvalue weighted by molar-refractivity contribution is 0.149. The van der Waals surface area contributed by atoms with Gasteiger partial charge in [-0.1, -0.05) is 18.5 Å². The third-order valence-electron chi connectivity index (χ3n) is 4.53. The van der Waals surface area contributed by atoms with Gasteiger partial charge in [-0.05, 0) is 44.4 Å². The topological polar surface area (TPSA) is 84.5 Å². The molecule has 0 amide bonds. The van der Waals surface area contributed by atoms with Crippen LogP contribution in [0.3, 0.4) is 0 Å². The Morgan fingerprint density at radius 3 is 2.92 bits per heavy atom. The first kappa shape index (κ1) is 17.8. The van der Waals surface area contributed by atoms with Crippen LogP contribution in [0, 0.1) is 0 Å². The maximum atomic E-state index is 9.09. The Bertz CT molecular complexity index is 655. The van der Waals surface area contributed by atoms with Gasteiger partial charge in [-0.15, -0.1) is 0 Å². The van der Waals surface area contributed by atoms with Crippen LogP contribution in [0.25, 0.3) is 11.4 Å². The lowest BCUT2D eigenvalue weighted by Gasteiger charge is -2.23. The molecule has 136 valence electrons. The Balaban J connectivity index is 1.73. The van der Waals surface area contributed by atoms with Crippen molar-refractivity contribution in [3.8, 4) is 17.3 Å². The van der Waals surface area contributed by atoms with E-state index in [9.17, 15) is 0 Å². The zero-order valence-electron chi connectivity index (χ0n) is 14.7. The lowest BCUT2D eigenvalue weighted by Crippen LogP contribution is -2.26. The first-order chi connectivity index (χ1) is 12.3. The van der Waals surface area contributed by atoms with Crippen molar-refractivity contribution in [3.05, 3.63) is 24.2 Å². The highest BCUT2D eigenvalue weighted by molar-refractivity contribution is 5.60. The molecule has 7 heteroatoms. The molecule has 1 N–H and O–H groups in total. The zero-order chi connectivity index (χ0) is 17.5. The number of ether oxygens (including phenoxy) is 1. The fourth-order valence-corrected chi connectivity index (χ4v) is 3.11. The van der Waals surface area contributed by atoms with E-state index < -0.39 is 0 Å². The Morgan fingerprint density at radius 1 is 1.32 bits per heavy atom. The summed E-state index contributed by atoms with van der Waals surface area (Å²) in [6.07, 6.45) is 7.77. The van der Waals surface area contributed by atoms with Crippen LogP contribution in [-0.4, -0.2) is 50.9 Å². The Kier molecular flexibility index (Phi) is 6.36. The molecule has 1 aliphatic rings. The Morgan fingerprint density at radius 2 is 2.16 bits per heavy atom. The van der Waals surface area contributed by atoms with Crippen LogP contribution in [-0.2, 0) is 6.54 Å². The fourth-order valence-electron chi connectivity index (χ4n) is 3.11. The molecule has 0 aliphatic heterocycles. The number of hydrogen-bond donors (Lipinski definition) is 1. The molecule has 1 aliphatic carbocycles. The van der Waals surface area contributed by atoms with Crippen LogP contribution in [0.2, 0.25) is 0 Å². The molecule has 0 atom stereocenters. The van der Waals surface area contributed by atoms with Crippen molar-refractivity contribution >= 4 is 0 Å². The van der Waals surface area contributed by atoms with Gasteiger partial charge in [0.05, 0.1) is 18.7 Å². The van der Waals surface area contributed by atoms with E-state index in [1.165, 1.54) is 19.3 Å². The second-order valence-corrected chi connectivity index (χ2v) is 6.34. The Hall–Kier alpha value is -1.99. The van der Waals surface area contributed by atoms with Crippen molar-refractivity contribution in [2.24, 2.45) is 0 Å². The number of hydrogen-bond acceptors (Lipinski definition) is 7. The summed E-state index contributed by atoms with van der Waals surface area (Å²) in [5.74, 6) is 1.59. The van der Waals surface area contributed by atoms with Crippen molar-refractivity contribution in [1.82, 2.24) is 20.0 Å². The lowest BCUT2D eigenvalue weighted by atomic mass is 9.98. The quantitative estimate of drug-likeness (QED) is 0.786. The number of likely N-dealkylation sites (N-methyl/N-ethyl adjacent to an activating group) is 1. The number of aromatic nitrogens is 3. The normalized spacial score (nSPS) is 15.6. The van der Waals surface area contributed by atoms with Gasteiger partial charge in [-0.3, -0.25) is 4.90 Å². The maximum Gasteiger partial charge on any atom is 0.241 e. The molecule has 1 saturated carbocycles. The third-order valence-corrected chi connectivity index (χ3v) is 4.53. The molecular weight excluding hydrogens is 320 g/mol. The molecule has 7 nitrogen and oxygen atoms in total. The maximum absolute atomic E-state index is 9.09. The predicted octanol–water partition coefficient (Wildman–Crippen LogP) is 2.66. The summed E-state index contributed by atoms with van der Waals surface area (Å²) in [7, 11) is 0. The predicted molar refractivity (Wildman–Crippen MR) is 93.1 cm³/mol. The van der Waals surface area contributed by atoms with Crippen molar-refractivity contribution in [2.45, 2.75) is 51.7 Å². The molecule has 2 aromatic rings. The summed E-state index contributed by atoms with van der Waals surface area (Å²) >= 11 is 0. The minimum Gasteiger partial charge on any atom is -0.474 e. The first-order valence-electron chi connectivity index (χ1n) is 9.08. The van der Waals surface area contributed by atoms with Gasteiger partial charge in [-0.2, -0.15) is 4.98 Å². The van der Waals surface area contributed by atoms with Crippen molar-refractivity contribution in [3.63, 3.8) is 0 Å². The average molecular weight is 346 g/mol. The van der Waals surface area contributed by atoms with Crippen LogP contribution in [0.1, 0.15) is 44.9 Å². The highest BCUT2D eigenvalue weighted by Gasteiger charge is 2.20. The van der Waals surface area contributed by atoms with Crippen LogP contribution < -0.4 is 4.74 Å². The summed E-state index contributed by atoms with van der Waals surface area (Å²) < 4.78 is 11.5. The first-order valence-corrected chi connectivity index (χ1v) is 9.08. The summed E-state index contributed by atoms with van der Waals surface area (Å²) in [5.41, 5.74) is 0.758. The molecule has 0 saturated heterocycles. The molecule has 0 radical (unpaired) electrons. The molecule has 0 spiro atoms. The highest BCUT2D eigenvalue weighted by Crippen LogP contribution is 2.29. The standard InChI is InChI=1S/C18H26N4O3/c1-2-22(11-12-23)13-16-20-17(21-25-16)15-9-6-10-19-18(15)24-14-7-4-3-5-8-14/h6,9-10,14,23H,2-5,7-8,11-13H2,1H3. The van der Waals surface area contributed by atoms with E-state index in [-0.39, 0.29) is 12.7 Å². The number of rotatable bonds is 8. The van der Waals surface area contributed by atoms with Crippen LogP contribution >= 0.6 is 0 Å². The van der Waals surface area contributed by atoms with E-state index in [4.69, 9.17) is 14.4 Å². The van der Waals surface area contributed by atoms with Gasteiger partial charge in [0.1, 0.15) is 6.10 Å². The number of aliphatic hydroxyl groups excluding tert-OH is 1. The van der Waals surface area contributed by atoms with Crippen LogP contribution in [0.15, 0.2) is 22.9 Å². The molecule has 0 aromatic carbocycles. The number of pyridine rings is 1. The summed E-state index contributed by atoms with van der Waals surface area (Å²) in [5, 5.41) is 13.2. The third kappa shape index (κ3) is 4.76. The summed E-state index contributed by atoms with van der Waals surface area (Å²) in [6, 6.07) is 3.76. The van der Waals surface area contributed by atoms with Gasteiger partial charge >= 0.3 is 0 Å². The average Bonchev–Trinajstić information content (AvgIpc) is 3.11. The Labute approximate surface area is 148 Å². The van der Waals surface area contributed by atoms with E-state index in [1.54, 1.807) is 6.20 Å². The van der Waals surface area contributed by atoms with Gasteiger partial charge in [-0.25, -0.2) is 4.98 Å². The van der Waals surface area contributed by atoms with Gasteiger partial charge < -0.3 is 14.4 Å². The van der Waals surface area contributed by atoms with Gasteiger partial charge in [0.25, 0.3) is 0 Å². The summed E-state index contributed by atoms with van der Waals surface area (Å²) in [6.45, 7) is 4.04. The van der Waals surface area contributed by atoms with Crippen molar-refractivity contribution in [1.29, 1.82) is 0 Å². The molecule has 0 unspecified atom stereocenters. The second-order valence-electron chi connectivity index (χ2n) is 6.34. The van der Waals surface area contributed by atoms with Gasteiger partial charge in [0.15, 0.2) is 0 Å². The van der Waals surface area contributed by atoms with E-state index in [0.717, 1.165) is 24.9 Å². The number of aliphatic hydroxyl groups is 1. The molecule has 2 heterocycles. The molecular formula is C18H26N4O3. The summed E-state index contributed by atoms with van der Waals surface area (Å²) in [4.78, 5) is 10.9.